The van der Waals surface area contributed by atoms with Crippen molar-refractivity contribution in [2.75, 3.05) is 5.32 Å². The number of aromatic amines is 1. The summed E-state index contributed by atoms with van der Waals surface area (Å²) >= 11 is 6.68. The Hall–Kier alpha value is -1.80. The molecule has 0 atom stereocenters. The van der Waals surface area contributed by atoms with Crippen LogP contribution in [0.5, 0.6) is 0 Å². The van der Waals surface area contributed by atoms with Crippen molar-refractivity contribution in [3.05, 3.63) is 36.3 Å². The van der Waals surface area contributed by atoms with Gasteiger partial charge in [-0.3, -0.25) is 23.4 Å². The molecule has 1 saturated carbocycles. The van der Waals surface area contributed by atoms with Gasteiger partial charge in [-0.15, -0.1) is 0 Å². The van der Waals surface area contributed by atoms with Crippen LogP contribution in [0.15, 0.2) is 9.59 Å². The molecule has 0 aromatic carbocycles. The van der Waals surface area contributed by atoms with Crippen LogP contribution in [-0.4, -0.2) is 19.6 Å². The predicted molar refractivity (Wildman–Crippen MR) is 94.4 cm³/mol. The fourth-order valence-corrected chi connectivity index (χ4v) is 4.14. The molecule has 1 aliphatic rings. The third-order valence-corrected chi connectivity index (χ3v) is 5.96. The van der Waals surface area contributed by atoms with Gasteiger partial charge >= 0.3 is 0 Å². The van der Waals surface area contributed by atoms with Gasteiger partial charge in [-0.1, -0.05) is 42.4 Å². The van der Waals surface area contributed by atoms with Crippen molar-refractivity contribution in [2.24, 2.45) is 7.05 Å². The largest absolute Gasteiger partial charge is 0.315 e. The Morgan fingerprint density at radius 2 is 1.96 bits per heavy atom. The van der Waals surface area contributed by atoms with Gasteiger partial charge in [0.2, 0.25) is 0 Å². The van der Waals surface area contributed by atoms with E-state index >= 15 is 0 Å². The van der Waals surface area contributed by atoms with Crippen LogP contribution in [0.25, 0.3) is 0 Å². The molecule has 0 aliphatic heterocycles. The summed E-state index contributed by atoms with van der Waals surface area (Å²) in [6.07, 6.45) is 5.35. The molecule has 0 saturated heterocycles. The highest BCUT2D eigenvalue weighted by atomic mass is 35.5. The first-order chi connectivity index (χ1) is 11.4. The number of halogens is 1. The van der Waals surface area contributed by atoms with Crippen LogP contribution in [0.2, 0.25) is 5.02 Å². The number of aromatic nitrogens is 3. The smallest absolute Gasteiger partial charge is 0.291 e. The minimum absolute atomic E-state index is 0.0773. The molecule has 24 heavy (non-hydrogen) atoms. The van der Waals surface area contributed by atoms with Gasteiger partial charge < -0.3 is 5.32 Å². The second kappa shape index (κ2) is 6.60. The zero-order chi connectivity index (χ0) is 17.4. The molecular formula is C15H19ClN4O3S. The van der Waals surface area contributed by atoms with E-state index in [1.807, 2.05) is 7.05 Å². The lowest BCUT2D eigenvalue weighted by molar-refractivity contribution is 0.103. The topological polar surface area (TPSA) is 88.9 Å². The lowest BCUT2D eigenvalue weighted by atomic mass is 9.96. The average molecular weight is 371 g/mol. The van der Waals surface area contributed by atoms with Crippen molar-refractivity contribution in [3.8, 4) is 0 Å². The number of carbonyl (C=O) groups is 1. The van der Waals surface area contributed by atoms with Gasteiger partial charge in [-0.05, 0) is 19.8 Å². The summed E-state index contributed by atoms with van der Waals surface area (Å²) in [7, 11) is 1.82. The third kappa shape index (κ3) is 2.84. The minimum atomic E-state index is -0.551. The second-order valence-electron chi connectivity index (χ2n) is 6.06. The highest BCUT2D eigenvalue weighted by Crippen LogP contribution is 2.28. The minimum Gasteiger partial charge on any atom is -0.315 e. The number of nitrogens with zero attached hydrogens (tertiary/aromatic N) is 2. The Kier molecular flexibility index (Phi) is 4.69. The molecule has 7 nitrogen and oxygen atoms in total. The highest BCUT2D eigenvalue weighted by molar-refractivity contribution is 7.08. The number of anilines is 1. The molecule has 3 rings (SSSR count). The molecule has 2 heterocycles. The predicted octanol–water partition coefficient (Wildman–Crippen LogP) is 2.66. The first kappa shape index (κ1) is 17.0. The number of nitrogens with one attached hydrogen (secondary N) is 2. The Morgan fingerprint density at radius 3 is 2.54 bits per heavy atom. The SMILES string of the molecule is Cc1c(NC(=O)c2s[nH]c(=O)c2Cl)c(=O)n(C2CCCCC2)n1C. The van der Waals surface area contributed by atoms with E-state index in [1.165, 1.54) is 6.42 Å². The number of H-pyrrole nitrogens is 1. The molecule has 1 fully saturated rings. The lowest BCUT2D eigenvalue weighted by Crippen LogP contribution is -2.29. The van der Waals surface area contributed by atoms with Crippen molar-refractivity contribution in [3.63, 3.8) is 0 Å². The van der Waals surface area contributed by atoms with Crippen molar-refractivity contribution < 1.29 is 4.79 Å². The highest BCUT2D eigenvalue weighted by Gasteiger charge is 2.25. The Bertz CT molecular complexity index is 886. The Morgan fingerprint density at radius 1 is 1.29 bits per heavy atom. The van der Waals surface area contributed by atoms with Crippen molar-refractivity contribution in [1.82, 2.24) is 13.7 Å². The van der Waals surface area contributed by atoms with Crippen molar-refractivity contribution in [2.45, 2.75) is 45.1 Å². The molecule has 9 heteroatoms. The maximum absolute atomic E-state index is 12.8. The maximum atomic E-state index is 12.8. The first-order valence-corrected chi connectivity index (χ1v) is 9.07. The summed E-state index contributed by atoms with van der Waals surface area (Å²) in [5.74, 6) is -0.551. The van der Waals surface area contributed by atoms with Gasteiger partial charge in [0.05, 0.1) is 11.7 Å². The second-order valence-corrected chi connectivity index (χ2v) is 7.25. The van der Waals surface area contributed by atoms with Crippen LogP contribution in [0, 0.1) is 6.92 Å². The van der Waals surface area contributed by atoms with Gasteiger partial charge in [0, 0.05) is 7.05 Å². The van der Waals surface area contributed by atoms with Crippen LogP contribution >= 0.6 is 23.1 Å². The molecule has 0 radical (unpaired) electrons. The normalized spacial score (nSPS) is 15.6. The summed E-state index contributed by atoms with van der Waals surface area (Å²) in [6, 6.07) is 0.160. The summed E-state index contributed by atoms with van der Waals surface area (Å²) in [5.41, 5.74) is 0.202. The van der Waals surface area contributed by atoms with Gasteiger partial charge in [0.15, 0.2) is 0 Å². The van der Waals surface area contributed by atoms with Crippen LogP contribution in [0.1, 0.15) is 53.5 Å². The van der Waals surface area contributed by atoms with Crippen LogP contribution in [0.4, 0.5) is 5.69 Å². The molecule has 2 aromatic rings. The van der Waals surface area contributed by atoms with Gasteiger partial charge in [-0.25, -0.2) is 4.68 Å². The number of amides is 1. The summed E-state index contributed by atoms with van der Waals surface area (Å²) in [4.78, 5) is 36.6. The molecule has 2 aromatic heterocycles. The average Bonchev–Trinajstić information content (AvgIpc) is 3.01. The van der Waals surface area contributed by atoms with Crippen LogP contribution < -0.4 is 16.4 Å². The molecule has 1 aliphatic carbocycles. The number of hydrogen-bond acceptors (Lipinski definition) is 4. The molecule has 2 N–H and O–H groups in total. The monoisotopic (exact) mass is 370 g/mol. The van der Waals surface area contributed by atoms with E-state index in [2.05, 4.69) is 9.69 Å². The van der Waals surface area contributed by atoms with E-state index in [0.29, 0.717) is 5.69 Å². The number of carbonyl (C=O) groups excluding carboxylic acids is 1. The molecule has 1 amide bonds. The zero-order valence-electron chi connectivity index (χ0n) is 13.5. The van der Waals surface area contributed by atoms with Crippen molar-refractivity contribution in [1.29, 1.82) is 0 Å². The molecule has 0 spiro atoms. The lowest BCUT2D eigenvalue weighted by Gasteiger charge is -2.24. The standard InChI is InChI=1S/C15H19ClN4O3S/c1-8-11(17-14(22)12-10(16)13(21)18-24-12)15(23)20(19(8)2)9-6-4-3-5-7-9/h9H,3-7H2,1-2H3,(H,17,22)(H,18,21). The van der Waals surface area contributed by atoms with Gasteiger partial charge in [-0.2, -0.15) is 0 Å². The summed E-state index contributed by atoms with van der Waals surface area (Å²) in [6.45, 7) is 1.79. The maximum Gasteiger partial charge on any atom is 0.291 e. The number of hydrogen-bond donors (Lipinski definition) is 2. The fourth-order valence-electron chi connectivity index (χ4n) is 3.22. The van der Waals surface area contributed by atoms with E-state index in [0.717, 1.165) is 37.2 Å². The van der Waals surface area contributed by atoms with Gasteiger partial charge in [0.25, 0.3) is 17.0 Å². The van der Waals surface area contributed by atoms with E-state index in [9.17, 15) is 14.4 Å². The van der Waals surface area contributed by atoms with Crippen molar-refractivity contribution >= 4 is 34.7 Å². The fraction of sp³-hybridized carbons (Fsp3) is 0.533. The molecule has 0 bridgehead atoms. The quantitative estimate of drug-likeness (QED) is 0.870. The van der Waals surface area contributed by atoms with Crippen LogP contribution in [0.3, 0.4) is 0 Å². The van der Waals surface area contributed by atoms with Gasteiger partial charge in [0.1, 0.15) is 15.6 Å². The van der Waals surface area contributed by atoms with Crippen LogP contribution in [-0.2, 0) is 7.05 Å². The Balaban J connectivity index is 1.94. The Labute approximate surface area is 147 Å². The molecule has 130 valence electrons. The third-order valence-electron chi connectivity index (χ3n) is 4.60. The summed E-state index contributed by atoms with van der Waals surface area (Å²) in [5, 5.41) is 2.47. The number of rotatable bonds is 3. The van der Waals surface area contributed by atoms with E-state index < -0.39 is 11.5 Å². The zero-order valence-corrected chi connectivity index (χ0v) is 15.1. The van der Waals surface area contributed by atoms with E-state index in [1.54, 1.807) is 16.3 Å². The summed E-state index contributed by atoms with van der Waals surface area (Å²) < 4.78 is 5.93. The molecule has 0 unspecified atom stereocenters. The van der Waals surface area contributed by atoms with E-state index in [-0.39, 0.29) is 27.2 Å². The van der Waals surface area contributed by atoms with E-state index in [4.69, 9.17) is 11.6 Å². The molecular weight excluding hydrogens is 352 g/mol. The first-order valence-electron chi connectivity index (χ1n) is 7.88.